The van der Waals surface area contributed by atoms with Crippen molar-refractivity contribution in [2.45, 2.75) is 57.3 Å². The predicted octanol–water partition coefficient (Wildman–Crippen LogP) is 5.61. The predicted molar refractivity (Wildman–Crippen MR) is 109 cm³/mol. The molecule has 2 aromatic carbocycles. The van der Waals surface area contributed by atoms with Crippen LogP contribution in [0.2, 0.25) is 0 Å². The van der Waals surface area contributed by atoms with Gasteiger partial charge in [-0.15, -0.1) is 0 Å². The van der Waals surface area contributed by atoms with E-state index in [9.17, 15) is 8.42 Å². The van der Waals surface area contributed by atoms with Crippen molar-refractivity contribution in [3.05, 3.63) is 47.5 Å². The Labute approximate surface area is 167 Å². The van der Waals surface area contributed by atoms with Crippen molar-refractivity contribution in [2.75, 3.05) is 0 Å². The average molecular weight is 424 g/mol. The van der Waals surface area contributed by atoms with Crippen LogP contribution in [0.25, 0.3) is 0 Å². The molecule has 1 unspecified atom stereocenters. The van der Waals surface area contributed by atoms with Gasteiger partial charge in [0, 0.05) is 5.56 Å². The maximum atomic E-state index is 11.2. The first-order valence-corrected chi connectivity index (χ1v) is 11.4. The second-order valence-electron chi connectivity index (χ2n) is 8.80. The molecule has 8 heteroatoms. The highest BCUT2D eigenvalue weighted by molar-refractivity contribution is 7.85. The molecule has 0 saturated heterocycles. The Balaban J connectivity index is 1.88. The Hall–Kier alpha value is -1.82. The molecule has 1 aliphatic rings. The van der Waals surface area contributed by atoms with E-state index < -0.39 is 18.7 Å². The van der Waals surface area contributed by atoms with E-state index in [0.29, 0.717) is 17.2 Å². The fourth-order valence-electron chi connectivity index (χ4n) is 2.72. The quantitative estimate of drug-likeness (QED) is 0.510. The molecule has 0 amide bonds. The summed E-state index contributed by atoms with van der Waals surface area (Å²) in [6.45, 7) is 12.8. The summed E-state index contributed by atoms with van der Waals surface area (Å²) in [6.07, 6.45) is 0. The second-order valence-corrected chi connectivity index (χ2v) is 11.2. The minimum absolute atomic E-state index is 0.0454. The molecular weight excluding hydrogens is 399 g/mol. The van der Waals surface area contributed by atoms with Crippen LogP contribution in [0.1, 0.15) is 52.7 Å². The molecule has 3 rings (SSSR count). The largest absolute Gasteiger partial charge is 0.530 e. The Morgan fingerprint density at radius 1 is 0.929 bits per heavy atom. The molecular formula is C20H25O6PS. The average Bonchev–Trinajstić information content (AvgIpc) is 2.93. The summed E-state index contributed by atoms with van der Waals surface area (Å²) in [6, 6.07) is 9.57. The van der Waals surface area contributed by atoms with Crippen LogP contribution in [-0.4, -0.2) is 13.0 Å². The van der Waals surface area contributed by atoms with E-state index in [1.54, 1.807) is 0 Å². The lowest BCUT2D eigenvalue weighted by Gasteiger charge is -2.25. The molecule has 1 aliphatic heterocycles. The molecule has 6 nitrogen and oxygen atoms in total. The Morgan fingerprint density at radius 2 is 1.54 bits per heavy atom. The summed E-state index contributed by atoms with van der Waals surface area (Å²) in [7, 11) is -5.95. The van der Waals surface area contributed by atoms with Crippen molar-refractivity contribution in [1.29, 1.82) is 0 Å². The van der Waals surface area contributed by atoms with Crippen LogP contribution in [0.15, 0.2) is 41.3 Å². The van der Waals surface area contributed by atoms with Crippen molar-refractivity contribution in [1.82, 2.24) is 0 Å². The third kappa shape index (κ3) is 4.43. The minimum atomic E-state index is -4.24. The van der Waals surface area contributed by atoms with E-state index in [2.05, 4.69) is 47.6 Å². The van der Waals surface area contributed by atoms with E-state index in [-0.39, 0.29) is 15.7 Å². The Bertz CT molecular complexity index is 985. The van der Waals surface area contributed by atoms with Crippen LogP contribution in [0.5, 0.6) is 17.2 Å². The van der Waals surface area contributed by atoms with Crippen LogP contribution < -0.4 is 13.6 Å². The highest BCUT2D eigenvalue weighted by Gasteiger charge is 2.36. The van der Waals surface area contributed by atoms with Gasteiger partial charge in [0.2, 0.25) is 0 Å². The van der Waals surface area contributed by atoms with Gasteiger partial charge in [0.15, 0.2) is 11.5 Å². The first kappa shape index (κ1) is 20.9. The number of fused-ring (bicyclic) bond motifs is 1. The van der Waals surface area contributed by atoms with E-state index in [4.69, 9.17) is 18.1 Å². The smallest absolute Gasteiger partial charge is 0.409 e. The summed E-state index contributed by atoms with van der Waals surface area (Å²) in [5.41, 5.74) is 2.01. The standard InChI is InChI=1S/C20H25O6PS/c1-19(2,3)13-11-16(20(4,5)6)18-17(12-13)25-27(26-18)24-14-7-9-15(10-8-14)28(21,22)23/h7-12H,1-6H3,(H,21,22,23). The van der Waals surface area contributed by atoms with Gasteiger partial charge in [0.05, 0.1) is 4.90 Å². The number of rotatable bonds is 3. The lowest BCUT2D eigenvalue weighted by molar-refractivity contribution is 0.431. The first-order chi connectivity index (χ1) is 12.7. The zero-order valence-electron chi connectivity index (χ0n) is 16.8. The number of hydrogen-bond acceptors (Lipinski definition) is 5. The zero-order valence-corrected chi connectivity index (χ0v) is 18.5. The molecule has 0 saturated carbocycles. The summed E-state index contributed by atoms with van der Waals surface area (Å²) < 4.78 is 49.1. The fraction of sp³-hybridized carbons (Fsp3) is 0.400. The molecule has 2 aromatic rings. The number of benzene rings is 2. The molecule has 0 aliphatic carbocycles. The highest BCUT2D eigenvalue weighted by atomic mass is 32.2. The molecule has 0 radical (unpaired) electrons. The molecule has 1 heterocycles. The van der Waals surface area contributed by atoms with E-state index in [1.165, 1.54) is 24.3 Å². The molecule has 0 bridgehead atoms. The van der Waals surface area contributed by atoms with Gasteiger partial charge in [0.1, 0.15) is 5.75 Å². The summed E-state index contributed by atoms with van der Waals surface area (Å²) in [5, 5.41) is 0. The van der Waals surface area contributed by atoms with Gasteiger partial charge in [-0.25, -0.2) is 0 Å². The molecule has 1 N–H and O–H groups in total. The maximum absolute atomic E-state index is 11.2. The van der Waals surface area contributed by atoms with Gasteiger partial charge in [-0.05, 0) is 46.7 Å². The van der Waals surface area contributed by atoms with E-state index >= 15 is 0 Å². The van der Waals surface area contributed by atoms with Crippen LogP contribution in [0.4, 0.5) is 0 Å². The van der Waals surface area contributed by atoms with Gasteiger partial charge in [-0.3, -0.25) is 4.55 Å². The SMILES string of the molecule is CC(C)(C)c1cc2c(c(C(C)(C)C)c1)OP(Oc1ccc(S(=O)(=O)O)cc1)O2. The monoisotopic (exact) mass is 424 g/mol. The normalized spacial score (nSPS) is 16.9. The van der Waals surface area contributed by atoms with Gasteiger partial charge >= 0.3 is 8.60 Å². The fourth-order valence-corrected chi connectivity index (χ4v) is 4.24. The van der Waals surface area contributed by atoms with Crippen LogP contribution >= 0.6 is 8.60 Å². The molecule has 0 fully saturated rings. The molecule has 1 atom stereocenters. The molecule has 0 aromatic heterocycles. The van der Waals surface area contributed by atoms with Crippen LogP contribution in [0.3, 0.4) is 0 Å². The van der Waals surface area contributed by atoms with E-state index in [1.807, 2.05) is 6.07 Å². The van der Waals surface area contributed by atoms with Gasteiger partial charge in [-0.2, -0.15) is 8.42 Å². The lowest BCUT2D eigenvalue weighted by Crippen LogP contribution is -2.16. The molecule has 152 valence electrons. The summed E-state index contributed by atoms with van der Waals surface area (Å²) in [4.78, 5) is -0.200. The second kappa shape index (κ2) is 6.90. The van der Waals surface area contributed by atoms with Crippen LogP contribution in [-0.2, 0) is 20.9 Å². The summed E-state index contributed by atoms with van der Waals surface area (Å²) in [5.74, 6) is 1.72. The topological polar surface area (TPSA) is 82.1 Å². The molecule has 0 spiro atoms. The lowest BCUT2D eigenvalue weighted by atomic mass is 9.80. The zero-order chi connectivity index (χ0) is 20.9. The van der Waals surface area contributed by atoms with Gasteiger partial charge in [0.25, 0.3) is 10.1 Å². The first-order valence-electron chi connectivity index (χ1n) is 8.86. The van der Waals surface area contributed by atoms with Crippen molar-refractivity contribution in [3.63, 3.8) is 0 Å². The minimum Gasteiger partial charge on any atom is -0.409 e. The Kier molecular flexibility index (Phi) is 5.15. The number of hydrogen-bond donors (Lipinski definition) is 1. The van der Waals surface area contributed by atoms with Crippen LogP contribution in [0, 0.1) is 0 Å². The van der Waals surface area contributed by atoms with Gasteiger partial charge in [-0.1, -0.05) is 47.6 Å². The Morgan fingerprint density at radius 3 is 2.04 bits per heavy atom. The van der Waals surface area contributed by atoms with E-state index in [0.717, 1.165) is 11.1 Å². The summed E-state index contributed by atoms with van der Waals surface area (Å²) >= 11 is 0. The van der Waals surface area contributed by atoms with Crippen molar-refractivity contribution in [2.24, 2.45) is 0 Å². The third-order valence-electron chi connectivity index (χ3n) is 4.37. The maximum Gasteiger partial charge on any atom is 0.530 e. The highest BCUT2D eigenvalue weighted by Crippen LogP contribution is 2.57. The van der Waals surface area contributed by atoms with Crippen molar-refractivity contribution < 1.29 is 26.5 Å². The van der Waals surface area contributed by atoms with Crippen molar-refractivity contribution >= 4 is 18.7 Å². The van der Waals surface area contributed by atoms with Gasteiger partial charge < -0.3 is 13.6 Å². The molecule has 28 heavy (non-hydrogen) atoms. The van der Waals surface area contributed by atoms with Crippen molar-refractivity contribution in [3.8, 4) is 17.2 Å². The third-order valence-corrected chi connectivity index (χ3v) is 6.27.